The minimum absolute atomic E-state index is 0.0756. The second-order valence-corrected chi connectivity index (χ2v) is 6.92. The zero-order chi connectivity index (χ0) is 21.4. The third-order valence-corrected chi connectivity index (χ3v) is 4.22. The predicted molar refractivity (Wildman–Crippen MR) is 114 cm³/mol. The SMILES string of the molecule is CCOc1ccc(CN(C)CC(=O)Nc2ccc(C(=O)N(C)C)cc2)cc1OC. The minimum Gasteiger partial charge on any atom is -0.493 e. The van der Waals surface area contributed by atoms with Crippen LogP contribution in [-0.4, -0.2) is 63.0 Å². The first-order valence-corrected chi connectivity index (χ1v) is 9.43. The lowest BCUT2D eigenvalue weighted by Gasteiger charge is -2.18. The van der Waals surface area contributed by atoms with Crippen LogP contribution in [-0.2, 0) is 11.3 Å². The van der Waals surface area contributed by atoms with Gasteiger partial charge in [-0.25, -0.2) is 0 Å². The van der Waals surface area contributed by atoms with Gasteiger partial charge in [-0.3, -0.25) is 14.5 Å². The second-order valence-electron chi connectivity index (χ2n) is 6.92. The lowest BCUT2D eigenvalue weighted by atomic mass is 10.2. The number of carbonyl (C=O) groups is 2. The van der Waals surface area contributed by atoms with Crippen molar-refractivity contribution in [2.75, 3.05) is 46.7 Å². The van der Waals surface area contributed by atoms with E-state index in [0.29, 0.717) is 35.9 Å². The van der Waals surface area contributed by atoms with Gasteiger partial charge in [0.2, 0.25) is 5.91 Å². The van der Waals surface area contributed by atoms with Crippen LogP contribution in [0.4, 0.5) is 5.69 Å². The van der Waals surface area contributed by atoms with E-state index < -0.39 is 0 Å². The molecule has 0 saturated heterocycles. The first-order valence-electron chi connectivity index (χ1n) is 9.43. The van der Waals surface area contributed by atoms with Gasteiger partial charge in [0.05, 0.1) is 20.3 Å². The monoisotopic (exact) mass is 399 g/mol. The maximum absolute atomic E-state index is 12.3. The Labute approximate surface area is 172 Å². The van der Waals surface area contributed by atoms with Crippen LogP contribution in [0.1, 0.15) is 22.8 Å². The molecule has 0 saturated carbocycles. The summed E-state index contributed by atoms with van der Waals surface area (Å²) in [7, 11) is 6.89. The molecule has 0 aromatic heterocycles. The Hall–Kier alpha value is -3.06. The average molecular weight is 399 g/mol. The van der Waals surface area contributed by atoms with Crippen LogP contribution in [0.5, 0.6) is 11.5 Å². The molecule has 0 radical (unpaired) electrons. The van der Waals surface area contributed by atoms with Crippen molar-refractivity contribution in [3.8, 4) is 11.5 Å². The molecular weight excluding hydrogens is 370 g/mol. The number of methoxy groups -OCH3 is 1. The van der Waals surface area contributed by atoms with Crippen molar-refractivity contribution in [1.82, 2.24) is 9.80 Å². The number of carbonyl (C=O) groups excluding carboxylic acids is 2. The zero-order valence-corrected chi connectivity index (χ0v) is 17.7. The van der Waals surface area contributed by atoms with E-state index in [0.717, 1.165) is 5.56 Å². The van der Waals surface area contributed by atoms with Crippen molar-refractivity contribution in [1.29, 1.82) is 0 Å². The fourth-order valence-electron chi connectivity index (χ4n) is 2.85. The Morgan fingerprint density at radius 3 is 2.28 bits per heavy atom. The van der Waals surface area contributed by atoms with Crippen LogP contribution >= 0.6 is 0 Å². The van der Waals surface area contributed by atoms with Gasteiger partial charge in [0, 0.05) is 31.9 Å². The summed E-state index contributed by atoms with van der Waals surface area (Å²) in [4.78, 5) is 27.7. The molecular formula is C22H29N3O4. The molecule has 2 aromatic carbocycles. The van der Waals surface area contributed by atoms with E-state index in [-0.39, 0.29) is 18.4 Å². The molecule has 0 aliphatic rings. The molecule has 7 heteroatoms. The molecule has 0 spiro atoms. The number of rotatable bonds is 9. The number of ether oxygens (including phenoxy) is 2. The molecule has 0 unspecified atom stereocenters. The summed E-state index contributed by atoms with van der Waals surface area (Å²) in [5.41, 5.74) is 2.25. The van der Waals surface area contributed by atoms with Crippen molar-refractivity contribution in [2.24, 2.45) is 0 Å². The van der Waals surface area contributed by atoms with E-state index in [1.165, 1.54) is 4.90 Å². The molecule has 29 heavy (non-hydrogen) atoms. The Bertz CT molecular complexity index is 834. The van der Waals surface area contributed by atoms with E-state index in [4.69, 9.17) is 9.47 Å². The van der Waals surface area contributed by atoms with Crippen LogP contribution in [0.3, 0.4) is 0 Å². The van der Waals surface area contributed by atoms with Crippen LogP contribution in [0.2, 0.25) is 0 Å². The van der Waals surface area contributed by atoms with E-state index >= 15 is 0 Å². The van der Waals surface area contributed by atoms with Crippen LogP contribution in [0, 0.1) is 0 Å². The fraction of sp³-hybridized carbons (Fsp3) is 0.364. The third-order valence-electron chi connectivity index (χ3n) is 4.22. The first kappa shape index (κ1) is 22.2. The molecule has 2 rings (SSSR count). The van der Waals surface area contributed by atoms with Crippen molar-refractivity contribution >= 4 is 17.5 Å². The summed E-state index contributed by atoms with van der Waals surface area (Å²) in [5.74, 6) is 1.18. The lowest BCUT2D eigenvalue weighted by Crippen LogP contribution is -2.29. The summed E-state index contributed by atoms with van der Waals surface area (Å²) in [6.45, 7) is 3.31. The molecule has 0 atom stereocenters. The van der Waals surface area contributed by atoms with Gasteiger partial charge in [-0.2, -0.15) is 0 Å². The zero-order valence-electron chi connectivity index (χ0n) is 17.7. The smallest absolute Gasteiger partial charge is 0.253 e. The number of amides is 2. The standard InChI is InChI=1S/C22H29N3O4/c1-6-29-19-12-7-16(13-20(19)28-5)14-25(4)15-21(26)23-18-10-8-17(9-11-18)22(27)24(2)3/h7-13H,6,14-15H2,1-5H3,(H,23,26). The Morgan fingerprint density at radius 2 is 1.69 bits per heavy atom. The average Bonchev–Trinajstić information content (AvgIpc) is 2.69. The summed E-state index contributed by atoms with van der Waals surface area (Å²) in [6.07, 6.45) is 0. The number of hydrogen-bond donors (Lipinski definition) is 1. The van der Waals surface area contributed by atoms with Gasteiger partial charge < -0.3 is 19.7 Å². The van der Waals surface area contributed by atoms with E-state index in [9.17, 15) is 9.59 Å². The molecule has 2 aromatic rings. The number of nitrogens with zero attached hydrogens (tertiary/aromatic N) is 2. The Balaban J connectivity index is 1.91. The van der Waals surface area contributed by atoms with Gasteiger partial charge in [-0.1, -0.05) is 6.07 Å². The number of hydrogen-bond acceptors (Lipinski definition) is 5. The Morgan fingerprint density at radius 1 is 1.00 bits per heavy atom. The fourth-order valence-corrected chi connectivity index (χ4v) is 2.85. The van der Waals surface area contributed by atoms with Gasteiger partial charge in [0.1, 0.15) is 0 Å². The largest absolute Gasteiger partial charge is 0.493 e. The summed E-state index contributed by atoms with van der Waals surface area (Å²) < 4.78 is 10.9. The third kappa shape index (κ3) is 6.50. The summed E-state index contributed by atoms with van der Waals surface area (Å²) in [6, 6.07) is 12.6. The highest BCUT2D eigenvalue weighted by molar-refractivity contribution is 5.96. The molecule has 156 valence electrons. The second kappa shape index (κ2) is 10.5. The number of nitrogens with one attached hydrogen (secondary N) is 1. The number of likely N-dealkylation sites (N-methyl/N-ethyl adjacent to an activating group) is 1. The van der Waals surface area contributed by atoms with Crippen molar-refractivity contribution < 1.29 is 19.1 Å². The number of benzene rings is 2. The van der Waals surface area contributed by atoms with E-state index in [2.05, 4.69) is 5.32 Å². The molecule has 0 fully saturated rings. The Kier molecular flexibility index (Phi) is 8.03. The van der Waals surface area contributed by atoms with Gasteiger partial charge >= 0.3 is 0 Å². The van der Waals surface area contributed by atoms with Gasteiger partial charge in [0.25, 0.3) is 5.91 Å². The predicted octanol–water partition coefficient (Wildman–Crippen LogP) is 2.87. The highest BCUT2D eigenvalue weighted by Gasteiger charge is 2.11. The summed E-state index contributed by atoms with van der Waals surface area (Å²) >= 11 is 0. The molecule has 7 nitrogen and oxygen atoms in total. The van der Waals surface area contributed by atoms with Gasteiger partial charge in [0.15, 0.2) is 11.5 Å². The molecule has 0 aliphatic heterocycles. The molecule has 0 heterocycles. The summed E-state index contributed by atoms with van der Waals surface area (Å²) in [5, 5.41) is 2.85. The van der Waals surface area contributed by atoms with Crippen LogP contribution in [0.15, 0.2) is 42.5 Å². The molecule has 0 bridgehead atoms. The van der Waals surface area contributed by atoms with Crippen molar-refractivity contribution in [2.45, 2.75) is 13.5 Å². The maximum Gasteiger partial charge on any atom is 0.253 e. The van der Waals surface area contributed by atoms with Crippen molar-refractivity contribution in [3.05, 3.63) is 53.6 Å². The van der Waals surface area contributed by atoms with Crippen LogP contribution in [0.25, 0.3) is 0 Å². The normalized spacial score (nSPS) is 10.6. The van der Waals surface area contributed by atoms with E-state index in [1.54, 1.807) is 45.5 Å². The first-order chi connectivity index (χ1) is 13.8. The van der Waals surface area contributed by atoms with Crippen LogP contribution < -0.4 is 14.8 Å². The number of anilines is 1. The quantitative estimate of drug-likeness (QED) is 0.702. The highest BCUT2D eigenvalue weighted by Crippen LogP contribution is 2.28. The van der Waals surface area contributed by atoms with Gasteiger partial charge in [-0.15, -0.1) is 0 Å². The minimum atomic E-state index is -0.128. The molecule has 0 aliphatic carbocycles. The molecule has 1 N–H and O–H groups in total. The van der Waals surface area contributed by atoms with Gasteiger partial charge in [-0.05, 0) is 55.9 Å². The van der Waals surface area contributed by atoms with E-state index in [1.807, 2.05) is 37.1 Å². The topological polar surface area (TPSA) is 71.1 Å². The highest BCUT2D eigenvalue weighted by atomic mass is 16.5. The van der Waals surface area contributed by atoms with Crippen molar-refractivity contribution in [3.63, 3.8) is 0 Å². The molecule has 2 amide bonds. The lowest BCUT2D eigenvalue weighted by molar-refractivity contribution is -0.117. The maximum atomic E-state index is 12.3.